The van der Waals surface area contributed by atoms with Gasteiger partial charge in [-0.2, -0.15) is 13.2 Å². The number of anilines is 1. The fourth-order valence-corrected chi connectivity index (χ4v) is 4.76. The van der Waals surface area contributed by atoms with Crippen molar-refractivity contribution in [2.24, 2.45) is 0 Å². The third-order valence-electron chi connectivity index (χ3n) is 6.02. The number of fused-ring (bicyclic) bond motifs is 2. The highest BCUT2D eigenvalue weighted by Gasteiger charge is 2.64. The van der Waals surface area contributed by atoms with Gasteiger partial charge < -0.3 is 15.5 Å². The van der Waals surface area contributed by atoms with Crippen molar-refractivity contribution in [3.05, 3.63) is 58.0 Å². The second kappa shape index (κ2) is 7.39. The number of nitrogens with zero attached hydrogens (tertiary/aromatic N) is 2. The fraction of sp³-hybridized carbons (Fsp3) is 0.364. The Bertz CT molecular complexity index is 1280. The molecule has 2 atom stereocenters. The second-order valence-corrected chi connectivity index (χ2v) is 9.23. The Balaban J connectivity index is 1.99. The van der Waals surface area contributed by atoms with Crippen LogP contribution >= 0.6 is 11.6 Å². The smallest absolute Gasteiger partial charge is 0.419 e. The summed E-state index contributed by atoms with van der Waals surface area (Å²) in [5, 5.41) is 24.0. The van der Waals surface area contributed by atoms with Crippen LogP contribution in [0.15, 0.2) is 24.4 Å². The zero-order chi connectivity index (χ0) is 24.5. The van der Waals surface area contributed by atoms with Crippen molar-refractivity contribution in [2.45, 2.75) is 50.4 Å². The Labute approximate surface area is 190 Å². The summed E-state index contributed by atoms with van der Waals surface area (Å²) < 4.78 is 71.5. The van der Waals surface area contributed by atoms with Crippen molar-refractivity contribution >= 4 is 28.2 Å². The molecule has 0 bridgehead atoms. The van der Waals surface area contributed by atoms with Crippen molar-refractivity contribution in [2.75, 3.05) is 5.32 Å². The zero-order valence-corrected chi connectivity index (χ0v) is 18.4. The third kappa shape index (κ3) is 3.56. The summed E-state index contributed by atoms with van der Waals surface area (Å²) in [5.41, 5.74) is -5.30. The number of hydrogen-bond donors (Lipinski definition) is 3. The summed E-state index contributed by atoms with van der Waals surface area (Å²) in [7, 11) is 0. The lowest BCUT2D eigenvalue weighted by Gasteiger charge is -2.49. The normalized spacial score (nSPS) is 22.3. The molecular formula is C22H19ClF5N3O2. The van der Waals surface area contributed by atoms with Crippen molar-refractivity contribution < 1.29 is 32.2 Å². The maximum atomic E-state index is 14.3. The zero-order valence-electron chi connectivity index (χ0n) is 17.7. The molecule has 1 heterocycles. The molecule has 176 valence electrons. The predicted octanol–water partition coefficient (Wildman–Crippen LogP) is 5.70. The molecule has 1 aromatic heterocycles. The van der Waals surface area contributed by atoms with Crippen LogP contribution in [0.25, 0.3) is 10.9 Å². The number of benzene rings is 2. The number of aromatic hydroxyl groups is 1. The maximum Gasteiger partial charge on any atom is 0.419 e. The molecule has 0 spiro atoms. The molecule has 0 saturated heterocycles. The Hall–Kier alpha value is -2.72. The van der Waals surface area contributed by atoms with Gasteiger partial charge in [-0.3, -0.25) is 0 Å². The maximum absolute atomic E-state index is 14.3. The molecule has 5 nitrogen and oxygen atoms in total. The molecule has 0 unspecified atom stereocenters. The summed E-state index contributed by atoms with van der Waals surface area (Å²) in [6, 6.07) is 1.26. The van der Waals surface area contributed by atoms with E-state index in [9.17, 15) is 32.2 Å². The lowest BCUT2D eigenvalue weighted by Crippen LogP contribution is -2.58. The topological polar surface area (TPSA) is 78.3 Å². The first-order valence-corrected chi connectivity index (χ1v) is 10.2. The van der Waals surface area contributed by atoms with Gasteiger partial charge in [0.05, 0.1) is 11.1 Å². The molecule has 4 rings (SSSR count). The van der Waals surface area contributed by atoms with Crippen LogP contribution in [0.5, 0.6) is 5.75 Å². The van der Waals surface area contributed by atoms with Crippen LogP contribution in [-0.2, 0) is 5.41 Å². The SMILES string of the molecule is Cc1ncc2c(N[C@H]3c4ccc(Cl)c(O)c4C(C)(C)C[C@]3(O)C(F)(F)F)cc(F)c(F)c2n1. The van der Waals surface area contributed by atoms with Gasteiger partial charge in [0.2, 0.25) is 0 Å². The highest BCUT2D eigenvalue weighted by molar-refractivity contribution is 6.32. The Morgan fingerprint density at radius 1 is 1.21 bits per heavy atom. The molecule has 0 saturated carbocycles. The van der Waals surface area contributed by atoms with E-state index in [2.05, 4.69) is 15.3 Å². The van der Waals surface area contributed by atoms with Crippen LogP contribution in [0.1, 0.15) is 43.3 Å². The second-order valence-electron chi connectivity index (χ2n) is 8.82. The number of phenols is 1. The average molecular weight is 488 g/mol. The molecule has 1 aliphatic rings. The van der Waals surface area contributed by atoms with Crippen LogP contribution in [0.3, 0.4) is 0 Å². The minimum Gasteiger partial charge on any atom is -0.506 e. The van der Waals surface area contributed by atoms with Gasteiger partial charge in [-0.05, 0) is 30.4 Å². The summed E-state index contributed by atoms with van der Waals surface area (Å²) in [6.07, 6.45) is -4.79. The first-order valence-electron chi connectivity index (χ1n) is 9.86. The molecule has 0 radical (unpaired) electrons. The van der Waals surface area contributed by atoms with Gasteiger partial charge in [0.1, 0.15) is 17.1 Å². The lowest BCUT2D eigenvalue weighted by molar-refractivity contribution is -0.275. The van der Waals surface area contributed by atoms with Gasteiger partial charge in [0, 0.05) is 28.9 Å². The van der Waals surface area contributed by atoms with Crippen molar-refractivity contribution in [1.82, 2.24) is 9.97 Å². The first-order chi connectivity index (χ1) is 15.2. The minimum atomic E-state index is -5.11. The molecule has 0 fully saturated rings. The van der Waals surface area contributed by atoms with Crippen molar-refractivity contribution in [3.63, 3.8) is 0 Å². The first kappa shape index (κ1) is 23.4. The summed E-state index contributed by atoms with van der Waals surface area (Å²) in [6.45, 7) is 4.34. The molecule has 0 aliphatic heterocycles. The molecule has 2 aromatic carbocycles. The number of hydrogen-bond acceptors (Lipinski definition) is 5. The highest BCUT2D eigenvalue weighted by atomic mass is 35.5. The highest BCUT2D eigenvalue weighted by Crippen LogP contribution is 2.57. The van der Waals surface area contributed by atoms with Gasteiger partial charge in [-0.15, -0.1) is 0 Å². The van der Waals surface area contributed by atoms with Gasteiger partial charge in [0.25, 0.3) is 0 Å². The van der Waals surface area contributed by atoms with E-state index in [4.69, 9.17) is 11.6 Å². The van der Waals surface area contributed by atoms with Crippen LogP contribution < -0.4 is 5.32 Å². The minimum absolute atomic E-state index is 0.0693. The summed E-state index contributed by atoms with van der Waals surface area (Å²) in [5.74, 6) is -2.89. The Morgan fingerprint density at radius 3 is 2.52 bits per heavy atom. The van der Waals surface area contributed by atoms with E-state index in [-0.39, 0.29) is 33.0 Å². The standard InChI is InChI=1S/C22H19ClF5N3O2/c1-9-29-7-11-14(6-13(24)16(25)17(11)30-9)31-19-10-4-5-12(23)18(32)15(10)20(2,3)8-21(19,33)22(26,27)28/h4-7,19,31-33H,8H2,1-3H3/t19-,21+/m0/s1. The molecule has 1 aliphatic carbocycles. The van der Waals surface area contributed by atoms with E-state index in [0.29, 0.717) is 6.07 Å². The molecule has 3 N–H and O–H groups in total. The van der Waals surface area contributed by atoms with E-state index in [1.54, 1.807) is 0 Å². The molecule has 33 heavy (non-hydrogen) atoms. The summed E-state index contributed by atoms with van der Waals surface area (Å²) in [4.78, 5) is 7.79. The number of aromatic nitrogens is 2. The van der Waals surface area contributed by atoms with Gasteiger partial charge in [0.15, 0.2) is 17.2 Å². The van der Waals surface area contributed by atoms with Gasteiger partial charge in [-0.25, -0.2) is 18.7 Å². The average Bonchev–Trinajstić information content (AvgIpc) is 2.69. The Morgan fingerprint density at radius 2 is 1.88 bits per heavy atom. The summed E-state index contributed by atoms with van der Waals surface area (Å²) >= 11 is 6.01. The number of aryl methyl sites for hydroxylation is 1. The number of halogens is 6. The fourth-order valence-electron chi connectivity index (χ4n) is 4.61. The van der Waals surface area contributed by atoms with E-state index in [1.165, 1.54) is 32.9 Å². The molecular weight excluding hydrogens is 469 g/mol. The number of phenolic OH excluding ortho intramolecular Hbond substituents is 1. The van der Waals surface area contributed by atoms with Crippen LogP contribution in [0, 0.1) is 18.6 Å². The van der Waals surface area contributed by atoms with Crippen LogP contribution in [0.2, 0.25) is 5.02 Å². The number of rotatable bonds is 2. The number of nitrogens with one attached hydrogen (secondary N) is 1. The van der Waals surface area contributed by atoms with Crippen LogP contribution in [0.4, 0.5) is 27.6 Å². The van der Waals surface area contributed by atoms with E-state index in [1.807, 2.05) is 0 Å². The molecule has 11 heteroatoms. The number of alkyl halides is 3. The third-order valence-corrected chi connectivity index (χ3v) is 6.32. The largest absolute Gasteiger partial charge is 0.506 e. The van der Waals surface area contributed by atoms with Gasteiger partial charge in [-0.1, -0.05) is 31.5 Å². The van der Waals surface area contributed by atoms with E-state index >= 15 is 0 Å². The van der Waals surface area contributed by atoms with E-state index in [0.717, 1.165) is 6.20 Å². The van der Waals surface area contributed by atoms with Crippen molar-refractivity contribution in [3.8, 4) is 5.75 Å². The Kier molecular flexibility index (Phi) is 5.25. The molecule has 3 aromatic rings. The predicted molar refractivity (Wildman–Crippen MR) is 112 cm³/mol. The monoisotopic (exact) mass is 487 g/mol. The quantitative estimate of drug-likeness (QED) is 0.404. The van der Waals surface area contributed by atoms with E-state index < -0.39 is 52.6 Å². The lowest BCUT2D eigenvalue weighted by atomic mass is 9.63. The van der Waals surface area contributed by atoms with Crippen molar-refractivity contribution in [1.29, 1.82) is 0 Å². The van der Waals surface area contributed by atoms with Crippen LogP contribution in [-0.4, -0.2) is 32.0 Å². The number of aliphatic hydroxyl groups is 1. The molecule has 0 amide bonds. The van der Waals surface area contributed by atoms with Gasteiger partial charge >= 0.3 is 6.18 Å².